The van der Waals surface area contributed by atoms with E-state index in [2.05, 4.69) is 25.4 Å². The number of rotatable bonds is 4. The van der Waals surface area contributed by atoms with Crippen molar-refractivity contribution in [3.05, 3.63) is 27.8 Å². The summed E-state index contributed by atoms with van der Waals surface area (Å²) >= 11 is 1.71. The number of carbonyl (C=O) groups excluding carboxylic acids is 1. The highest BCUT2D eigenvalue weighted by atomic mass is 32.1. The van der Waals surface area contributed by atoms with Crippen molar-refractivity contribution in [1.29, 1.82) is 0 Å². The lowest BCUT2D eigenvalue weighted by Crippen LogP contribution is -2.34. The summed E-state index contributed by atoms with van der Waals surface area (Å²) in [7, 11) is 0. The first-order chi connectivity index (χ1) is 11.6. The summed E-state index contributed by atoms with van der Waals surface area (Å²) in [6.07, 6.45) is 0.210. The number of hydrogen-bond donors (Lipinski definition) is 0. The number of fused-ring (bicyclic) bond motifs is 1. The molecule has 2 aromatic rings. The highest BCUT2D eigenvalue weighted by molar-refractivity contribution is 7.09. The monoisotopic (exact) mass is 347 g/mol. The van der Waals surface area contributed by atoms with Gasteiger partial charge in [-0.15, -0.1) is 11.3 Å². The van der Waals surface area contributed by atoms with Crippen molar-refractivity contribution < 1.29 is 9.32 Å². The zero-order chi connectivity index (χ0) is 16.7. The Morgan fingerprint density at radius 1 is 1.25 bits per heavy atom. The second-order valence-electron chi connectivity index (χ2n) is 6.78. The van der Waals surface area contributed by atoms with E-state index in [1.807, 2.05) is 11.8 Å². The summed E-state index contributed by atoms with van der Waals surface area (Å²) in [6, 6.07) is 0. The van der Waals surface area contributed by atoms with Crippen molar-refractivity contribution in [2.45, 2.75) is 26.8 Å². The van der Waals surface area contributed by atoms with Gasteiger partial charge in [-0.3, -0.25) is 9.69 Å². The van der Waals surface area contributed by atoms with Crippen molar-refractivity contribution in [1.82, 2.24) is 24.9 Å². The molecule has 2 fully saturated rings. The summed E-state index contributed by atoms with van der Waals surface area (Å²) in [4.78, 5) is 25.5. The average Bonchev–Trinajstić information content (AvgIpc) is 3.25. The van der Waals surface area contributed by atoms with Gasteiger partial charge in [-0.25, -0.2) is 4.98 Å². The van der Waals surface area contributed by atoms with Crippen LogP contribution in [0.15, 0.2) is 9.90 Å². The molecule has 0 N–H and O–H groups in total. The number of hydrogen-bond acceptors (Lipinski definition) is 7. The molecule has 7 nitrogen and oxygen atoms in total. The molecule has 4 rings (SSSR count). The molecule has 0 aromatic carbocycles. The quantitative estimate of drug-likeness (QED) is 0.829. The Morgan fingerprint density at radius 2 is 2.00 bits per heavy atom. The van der Waals surface area contributed by atoms with Gasteiger partial charge < -0.3 is 9.42 Å². The van der Waals surface area contributed by atoms with Gasteiger partial charge in [0, 0.05) is 38.1 Å². The molecule has 2 saturated heterocycles. The first kappa shape index (κ1) is 15.7. The molecule has 4 heterocycles. The van der Waals surface area contributed by atoms with Gasteiger partial charge in [0.1, 0.15) is 6.42 Å². The largest absolute Gasteiger partial charge is 0.342 e. The summed E-state index contributed by atoms with van der Waals surface area (Å²) < 4.78 is 5.05. The first-order valence-corrected chi connectivity index (χ1v) is 9.15. The number of thiazole rings is 1. The van der Waals surface area contributed by atoms with Gasteiger partial charge >= 0.3 is 0 Å². The molecule has 128 valence electrons. The minimum Gasteiger partial charge on any atom is -0.342 e. The van der Waals surface area contributed by atoms with E-state index in [9.17, 15) is 4.79 Å². The van der Waals surface area contributed by atoms with Crippen LogP contribution in [0.1, 0.15) is 22.4 Å². The van der Waals surface area contributed by atoms with Crippen molar-refractivity contribution in [3.8, 4) is 0 Å². The van der Waals surface area contributed by atoms with E-state index in [0.29, 0.717) is 23.6 Å². The number of aryl methyl sites for hydroxylation is 2. The Bertz CT molecular complexity index is 728. The maximum Gasteiger partial charge on any atom is 0.236 e. The minimum absolute atomic E-state index is 0.0923. The Labute approximate surface area is 144 Å². The maximum absolute atomic E-state index is 12.4. The predicted molar refractivity (Wildman–Crippen MR) is 88.4 cm³/mol. The van der Waals surface area contributed by atoms with Crippen LogP contribution in [0.25, 0.3) is 0 Å². The van der Waals surface area contributed by atoms with E-state index in [0.717, 1.165) is 43.4 Å². The number of amides is 1. The second kappa shape index (κ2) is 6.25. The topological polar surface area (TPSA) is 75.4 Å². The van der Waals surface area contributed by atoms with E-state index in [1.54, 1.807) is 18.3 Å². The van der Waals surface area contributed by atoms with E-state index >= 15 is 0 Å². The Hall–Kier alpha value is -1.80. The van der Waals surface area contributed by atoms with Crippen LogP contribution in [0, 0.1) is 25.7 Å². The van der Waals surface area contributed by atoms with Crippen molar-refractivity contribution in [2.24, 2.45) is 11.8 Å². The molecular weight excluding hydrogens is 326 g/mol. The van der Waals surface area contributed by atoms with Gasteiger partial charge in [0.25, 0.3) is 0 Å². The SMILES string of the molecule is Cc1noc(CC(=O)N2C[C@@H]3CN(Cc4csc(C)n4)C[C@H]3C2)n1. The summed E-state index contributed by atoms with van der Waals surface area (Å²) in [6.45, 7) is 8.49. The van der Waals surface area contributed by atoms with Gasteiger partial charge in [-0.2, -0.15) is 4.98 Å². The van der Waals surface area contributed by atoms with Crippen LogP contribution in [0.3, 0.4) is 0 Å². The first-order valence-electron chi connectivity index (χ1n) is 8.27. The highest BCUT2D eigenvalue weighted by Crippen LogP contribution is 2.32. The standard InChI is InChI=1S/C16H21N5O2S/c1-10-17-15(23-19-10)3-16(22)21-6-12-4-20(5-13(12)7-21)8-14-9-24-11(2)18-14/h9,12-13H,3-8H2,1-2H3/t12-,13-/m0/s1. The normalized spacial score (nSPS) is 23.8. The van der Waals surface area contributed by atoms with Gasteiger partial charge in [-0.05, 0) is 25.7 Å². The molecule has 1 amide bonds. The molecule has 2 aliphatic heterocycles. The zero-order valence-corrected chi connectivity index (χ0v) is 14.8. The molecule has 8 heteroatoms. The van der Waals surface area contributed by atoms with Crippen molar-refractivity contribution in [3.63, 3.8) is 0 Å². The van der Waals surface area contributed by atoms with Crippen LogP contribution in [0.2, 0.25) is 0 Å². The number of aromatic nitrogens is 3. The van der Waals surface area contributed by atoms with Gasteiger partial charge in [0.05, 0.1) is 10.7 Å². The summed E-state index contributed by atoms with van der Waals surface area (Å²) in [5.74, 6) is 2.21. The molecule has 0 aliphatic carbocycles. The molecular formula is C16H21N5O2S. The van der Waals surface area contributed by atoms with E-state index in [1.165, 1.54) is 0 Å². The molecule has 0 bridgehead atoms. The van der Waals surface area contributed by atoms with E-state index < -0.39 is 0 Å². The van der Waals surface area contributed by atoms with Gasteiger partial charge in [0.2, 0.25) is 11.8 Å². The number of carbonyl (C=O) groups is 1. The smallest absolute Gasteiger partial charge is 0.236 e. The number of nitrogens with zero attached hydrogens (tertiary/aromatic N) is 5. The Kier molecular flexibility index (Phi) is 4.09. The molecule has 2 atom stereocenters. The fourth-order valence-corrected chi connectivity index (χ4v) is 4.39. The van der Waals surface area contributed by atoms with Crippen LogP contribution in [0.5, 0.6) is 0 Å². The Balaban J connectivity index is 1.30. The molecule has 0 radical (unpaired) electrons. The van der Waals surface area contributed by atoms with Crippen LogP contribution >= 0.6 is 11.3 Å². The van der Waals surface area contributed by atoms with E-state index in [-0.39, 0.29) is 12.3 Å². The molecule has 2 aromatic heterocycles. The zero-order valence-electron chi connectivity index (χ0n) is 13.9. The number of likely N-dealkylation sites (tertiary alicyclic amines) is 2. The van der Waals surface area contributed by atoms with Crippen molar-refractivity contribution in [2.75, 3.05) is 26.2 Å². The molecule has 0 saturated carbocycles. The molecule has 24 heavy (non-hydrogen) atoms. The molecule has 0 spiro atoms. The highest BCUT2D eigenvalue weighted by Gasteiger charge is 2.41. The third-order valence-electron chi connectivity index (χ3n) is 4.84. The van der Waals surface area contributed by atoms with Crippen molar-refractivity contribution >= 4 is 17.2 Å². The summed E-state index contributed by atoms with van der Waals surface area (Å²) in [5, 5.41) is 7.00. The lowest BCUT2D eigenvalue weighted by molar-refractivity contribution is -0.130. The minimum atomic E-state index is 0.0923. The lowest BCUT2D eigenvalue weighted by Gasteiger charge is -2.20. The molecule has 0 unspecified atom stereocenters. The average molecular weight is 347 g/mol. The Morgan fingerprint density at radius 3 is 2.58 bits per heavy atom. The van der Waals surface area contributed by atoms with Crippen LogP contribution < -0.4 is 0 Å². The lowest BCUT2D eigenvalue weighted by atomic mass is 10.0. The second-order valence-corrected chi connectivity index (χ2v) is 7.85. The van der Waals surface area contributed by atoms with Crippen LogP contribution in [0.4, 0.5) is 0 Å². The van der Waals surface area contributed by atoms with Crippen LogP contribution in [-0.4, -0.2) is 57.0 Å². The van der Waals surface area contributed by atoms with Crippen LogP contribution in [-0.2, 0) is 17.8 Å². The summed E-state index contributed by atoms with van der Waals surface area (Å²) in [5.41, 5.74) is 1.16. The maximum atomic E-state index is 12.4. The van der Waals surface area contributed by atoms with Gasteiger partial charge in [0.15, 0.2) is 5.82 Å². The van der Waals surface area contributed by atoms with E-state index in [4.69, 9.17) is 4.52 Å². The molecule has 2 aliphatic rings. The third-order valence-corrected chi connectivity index (χ3v) is 5.66. The fourth-order valence-electron chi connectivity index (χ4n) is 3.79. The predicted octanol–water partition coefficient (Wildman–Crippen LogP) is 1.28. The van der Waals surface area contributed by atoms with Gasteiger partial charge in [-0.1, -0.05) is 5.16 Å². The third kappa shape index (κ3) is 3.21. The fraction of sp³-hybridized carbons (Fsp3) is 0.625.